The van der Waals surface area contributed by atoms with Gasteiger partial charge < -0.3 is 19.5 Å². The van der Waals surface area contributed by atoms with E-state index in [9.17, 15) is 9.59 Å². The average molecular weight is 317 g/mol. The van der Waals surface area contributed by atoms with Gasteiger partial charge in [0.1, 0.15) is 0 Å². The van der Waals surface area contributed by atoms with Gasteiger partial charge in [-0.05, 0) is 39.5 Å². The number of hydrogen-bond acceptors (Lipinski definition) is 5. The molecule has 1 N–H and O–H groups in total. The van der Waals surface area contributed by atoms with E-state index in [0.717, 1.165) is 12.8 Å². The molecule has 0 aromatic carbocycles. The van der Waals surface area contributed by atoms with Crippen LogP contribution < -0.4 is 5.32 Å². The summed E-state index contributed by atoms with van der Waals surface area (Å²) >= 11 is 0. The predicted molar refractivity (Wildman–Crippen MR) is 84.5 cm³/mol. The Morgan fingerprint density at radius 3 is 2.32 bits per heavy atom. The Labute approximate surface area is 133 Å². The minimum atomic E-state index is -0.823. The molecule has 1 amide bonds. The summed E-state index contributed by atoms with van der Waals surface area (Å²) in [4.78, 5) is 23.6. The maximum atomic E-state index is 11.8. The molecule has 2 atom stereocenters. The summed E-state index contributed by atoms with van der Waals surface area (Å²) in [5, 5.41) is 2.71. The molecule has 0 aliphatic rings. The summed E-state index contributed by atoms with van der Waals surface area (Å²) in [5.41, 5.74) is 0. The van der Waals surface area contributed by atoms with Crippen LogP contribution in [0.3, 0.4) is 0 Å². The Hall–Kier alpha value is -1.14. The standard InChI is InChI=1S/C16H31NO5/c1-6-20-10-7-9-17-15(18)13(4)22-16(19)14(5)21-11-8-12(2)3/h12-14H,6-11H2,1-5H3,(H,17,18). The van der Waals surface area contributed by atoms with Crippen molar-refractivity contribution in [2.75, 3.05) is 26.4 Å². The minimum absolute atomic E-state index is 0.306. The predicted octanol–water partition coefficient (Wildman–Crippen LogP) is 1.91. The highest BCUT2D eigenvalue weighted by molar-refractivity contribution is 5.84. The van der Waals surface area contributed by atoms with Crippen LogP contribution in [0.1, 0.15) is 47.5 Å². The summed E-state index contributed by atoms with van der Waals surface area (Å²) in [6.45, 7) is 11.6. The van der Waals surface area contributed by atoms with E-state index in [1.807, 2.05) is 6.92 Å². The summed E-state index contributed by atoms with van der Waals surface area (Å²) in [5.74, 6) is -0.301. The zero-order valence-corrected chi connectivity index (χ0v) is 14.5. The van der Waals surface area contributed by atoms with Crippen molar-refractivity contribution in [2.45, 2.75) is 59.7 Å². The van der Waals surface area contributed by atoms with Gasteiger partial charge in [0, 0.05) is 26.4 Å². The van der Waals surface area contributed by atoms with Crippen LogP contribution in [0.25, 0.3) is 0 Å². The summed E-state index contributed by atoms with van der Waals surface area (Å²) in [6, 6.07) is 0. The fourth-order valence-corrected chi connectivity index (χ4v) is 1.55. The molecular weight excluding hydrogens is 286 g/mol. The van der Waals surface area contributed by atoms with Gasteiger partial charge in [-0.15, -0.1) is 0 Å². The van der Waals surface area contributed by atoms with Crippen molar-refractivity contribution < 1.29 is 23.8 Å². The van der Waals surface area contributed by atoms with E-state index in [-0.39, 0.29) is 5.91 Å². The molecule has 130 valence electrons. The fraction of sp³-hybridized carbons (Fsp3) is 0.875. The van der Waals surface area contributed by atoms with Crippen LogP contribution in [0, 0.1) is 5.92 Å². The van der Waals surface area contributed by atoms with Gasteiger partial charge in [-0.2, -0.15) is 0 Å². The normalized spacial score (nSPS) is 13.7. The number of nitrogens with one attached hydrogen (secondary N) is 1. The molecule has 0 aromatic heterocycles. The number of amides is 1. The maximum Gasteiger partial charge on any atom is 0.335 e. The number of rotatable bonds is 12. The summed E-state index contributed by atoms with van der Waals surface area (Å²) in [7, 11) is 0. The quantitative estimate of drug-likeness (QED) is 0.440. The van der Waals surface area contributed by atoms with Gasteiger partial charge in [-0.25, -0.2) is 4.79 Å². The van der Waals surface area contributed by atoms with E-state index in [1.165, 1.54) is 0 Å². The van der Waals surface area contributed by atoms with Gasteiger partial charge >= 0.3 is 5.97 Å². The highest BCUT2D eigenvalue weighted by Gasteiger charge is 2.22. The third kappa shape index (κ3) is 10.6. The van der Waals surface area contributed by atoms with Crippen LogP contribution >= 0.6 is 0 Å². The number of carbonyl (C=O) groups is 2. The van der Waals surface area contributed by atoms with Gasteiger partial charge in [0.25, 0.3) is 5.91 Å². The molecule has 0 aliphatic carbocycles. The molecule has 0 spiro atoms. The van der Waals surface area contributed by atoms with E-state index in [2.05, 4.69) is 19.2 Å². The first-order valence-electron chi connectivity index (χ1n) is 8.06. The first-order chi connectivity index (χ1) is 10.4. The monoisotopic (exact) mass is 317 g/mol. The van der Waals surface area contributed by atoms with E-state index in [4.69, 9.17) is 14.2 Å². The molecule has 0 fully saturated rings. The van der Waals surface area contributed by atoms with E-state index >= 15 is 0 Å². The highest BCUT2D eigenvalue weighted by atomic mass is 16.6. The van der Waals surface area contributed by atoms with Gasteiger partial charge in [0.2, 0.25) is 0 Å². The van der Waals surface area contributed by atoms with Crippen LogP contribution in [-0.4, -0.2) is 50.4 Å². The number of esters is 1. The molecule has 0 aliphatic heterocycles. The van der Waals surface area contributed by atoms with Crippen LogP contribution in [0.5, 0.6) is 0 Å². The maximum absolute atomic E-state index is 11.8. The SMILES string of the molecule is CCOCCCNC(=O)C(C)OC(=O)C(C)OCCC(C)C. The third-order valence-corrected chi connectivity index (χ3v) is 3.03. The zero-order valence-electron chi connectivity index (χ0n) is 14.5. The highest BCUT2D eigenvalue weighted by Crippen LogP contribution is 2.04. The molecule has 22 heavy (non-hydrogen) atoms. The Balaban J connectivity index is 3.89. The number of carbonyl (C=O) groups excluding carboxylic acids is 2. The zero-order chi connectivity index (χ0) is 17.0. The van der Waals surface area contributed by atoms with Crippen LogP contribution in [-0.2, 0) is 23.8 Å². The van der Waals surface area contributed by atoms with Crippen molar-refractivity contribution in [1.29, 1.82) is 0 Å². The molecule has 0 radical (unpaired) electrons. The molecule has 6 heteroatoms. The molecule has 6 nitrogen and oxygen atoms in total. The Kier molecular flexibility index (Phi) is 11.8. The summed E-state index contributed by atoms with van der Waals surface area (Å²) < 4.78 is 15.7. The van der Waals surface area contributed by atoms with E-state index < -0.39 is 18.2 Å². The second-order valence-electron chi connectivity index (χ2n) is 5.62. The second-order valence-corrected chi connectivity index (χ2v) is 5.62. The van der Waals surface area contributed by atoms with Gasteiger partial charge in [0.15, 0.2) is 12.2 Å². The largest absolute Gasteiger partial charge is 0.451 e. The first kappa shape index (κ1) is 20.9. The molecule has 0 heterocycles. The molecule has 0 bridgehead atoms. The van der Waals surface area contributed by atoms with Crippen molar-refractivity contribution in [3.8, 4) is 0 Å². The first-order valence-corrected chi connectivity index (χ1v) is 8.06. The second kappa shape index (κ2) is 12.4. The van der Waals surface area contributed by atoms with Crippen molar-refractivity contribution in [3.05, 3.63) is 0 Å². The van der Waals surface area contributed by atoms with Gasteiger partial charge in [0.05, 0.1) is 0 Å². The van der Waals surface area contributed by atoms with Crippen molar-refractivity contribution in [1.82, 2.24) is 5.32 Å². The van der Waals surface area contributed by atoms with E-state index in [0.29, 0.717) is 32.3 Å². The lowest BCUT2D eigenvalue weighted by Crippen LogP contribution is -2.38. The molecule has 0 aromatic rings. The van der Waals surface area contributed by atoms with Crippen molar-refractivity contribution in [2.24, 2.45) is 5.92 Å². The van der Waals surface area contributed by atoms with Crippen molar-refractivity contribution >= 4 is 11.9 Å². The lowest BCUT2D eigenvalue weighted by atomic mass is 10.1. The summed E-state index contributed by atoms with van der Waals surface area (Å²) in [6.07, 6.45) is 0.130. The molecule has 0 rings (SSSR count). The topological polar surface area (TPSA) is 73.9 Å². The molecular formula is C16H31NO5. The van der Waals surface area contributed by atoms with E-state index in [1.54, 1.807) is 13.8 Å². The molecule has 0 saturated carbocycles. The molecule has 2 unspecified atom stereocenters. The minimum Gasteiger partial charge on any atom is -0.451 e. The Morgan fingerprint density at radius 2 is 1.73 bits per heavy atom. The van der Waals surface area contributed by atoms with Crippen LogP contribution in [0.2, 0.25) is 0 Å². The van der Waals surface area contributed by atoms with Crippen molar-refractivity contribution in [3.63, 3.8) is 0 Å². The lowest BCUT2D eigenvalue weighted by Gasteiger charge is -2.17. The Morgan fingerprint density at radius 1 is 1.05 bits per heavy atom. The number of ether oxygens (including phenoxy) is 3. The smallest absolute Gasteiger partial charge is 0.335 e. The average Bonchev–Trinajstić information content (AvgIpc) is 2.46. The Bertz CT molecular complexity index is 320. The van der Waals surface area contributed by atoms with Gasteiger partial charge in [-0.3, -0.25) is 4.79 Å². The lowest BCUT2D eigenvalue weighted by molar-refractivity contribution is -0.165. The third-order valence-electron chi connectivity index (χ3n) is 3.03. The number of hydrogen-bond donors (Lipinski definition) is 1. The van der Waals surface area contributed by atoms with Crippen LogP contribution in [0.15, 0.2) is 0 Å². The fourth-order valence-electron chi connectivity index (χ4n) is 1.55. The van der Waals surface area contributed by atoms with Crippen LogP contribution in [0.4, 0.5) is 0 Å². The van der Waals surface area contributed by atoms with Gasteiger partial charge in [-0.1, -0.05) is 13.8 Å². The molecule has 0 saturated heterocycles.